The molecule has 0 unspecified atom stereocenters. The maximum absolute atomic E-state index is 13.5. The van der Waals surface area contributed by atoms with Gasteiger partial charge in [-0.2, -0.15) is 0 Å². The number of hydrogen-bond donors (Lipinski definition) is 1. The van der Waals surface area contributed by atoms with Crippen molar-refractivity contribution < 1.29 is 14.3 Å². The molecule has 1 N–H and O–H groups in total. The van der Waals surface area contributed by atoms with E-state index in [4.69, 9.17) is 9.47 Å². The zero-order valence-corrected chi connectivity index (χ0v) is 18.0. The number of urea groups is 1. The van der Waals surface area contributed by atoms with Crippen molar-refractivity contribution in [1.82, 2.24) is 9.97 Å². The molecule has 1 aromatic carbocycles. The molecule has 0 atom stereocenters. The van der Waals surface area contributed by atoms with Crippen molar-refractivity contribution in [2.24, 2.45) is 0 Å². The van der Waals surface area contributed by atoms with E-state index in [1.54, 1.807) is 36.4 Å². The second-order valence-corrected chi connectivity index (χ2v) is 7.15. The zero-order chi connectivity index (χ0) is 22.0. The van der Waals surface area contributed by atoms with Gasteiger partial charge in [-0.25, -0.2) is 9.78 Å². The molecule has 3 aromatic rings. The molecule has 2 aromatic heterocycles. The maximum atomic E-state index is 13.5. The van der Waals surface area contributed by atoms with Crippen LogP contribution in [0.1, 0.15) is 18.1 Å². The van der Waals surface area contributed by atoms with Gasteiger partial charge in [0.15, 0.2) is 0 Å². The molecule has 0 aliphatic carbocycles. The first-order valence-corrected chi connectivity index (χ1v) is 10.0. The lowest BCUT2D eigenvalue weighted by atomic mass is 10.1. The van der Waals surface area contributed by atoms with E-state index in [1.165, 1.54) is 0 Å². The number of carbonyl (C=O) groups is 1. The fourth-order valence-corrected chi connectivity index (χ4v) is 3.74. The van der Waals surface area contributed by atoms with Gasteiger partial charge in [-0.1, -0.05) is 0 Å². The summed E-state index contributed by atoms with van der Waals surface area (Å²) in [5, 5.41) is 3.26. The number of fused-ring (bicyclic) bond motifs is 1. The standard InChI is InChI=1S/C23H25N5O3/c1-5-27-20-12-22(26-17-6-8-24-9-7-17)25-13-16(20)14-28(23(27)29)19-10-18(30-3)11-21(31-4)15(19)2/h6-13H,5,14H2,1-4H3,(H,24,25,26). The number of carbonyl (C=O) groups excluding carboxylic acids is 1. The van der Waals surface area contributed by atoms with Gasteiger partial charge in [0.2, 0.25) is 0 Å². The average molecular weight is 419 g/mol. The van der Waals surface area contributed by atoms with Crippen LogP contribution < -0.4 is 24.6 Å². The molecular weight excluding hydrogens is 394 g/mol. The summed E-state index contributed by atoms with van der Waals surface area (Å²) in [6.07, 6.45) is 5.24. The normalized spacial score (nSPS) is 13.1. The Morgan fingerprint density at radius 2 is 1.87 bits per heavy atom. The summed E-state index contributed by atoms with van der Waals surface area (Å²) < 4.78 is 10.9. The van der Waals surface area contributed by atoms with Crippen LogP contribution in [0.15, 0.2) is 48.9 Å². The zero-order valence-electron chi connectivity index (χ0n) is 18.0. The van der Waals surface area contributed by atoms with Crippen LogP contribution in [0.5, 0.6) is 11.5 Å². The number of methoxy groups -OCH3 is 2. The topological polar surface area (TPSA) is 79.8 Å². The van der Waals surface area contributed by atoms with Gasteiger partial charge in [0, 0.05) is 60.1 Å². The van der Waals surface area contributed by atoms with E-state index < -0.39 is 0 Å². The minimum Gasteiger partial charge on any atom is -0.497 e. The quantitative estimate of drug-likeness (QED) is 0.633. The molecule has 8 nitrogen and oxygen atoms in total. The third-order valence-electron chi connectivity index (χ3n) is 5.36. The van der Waals surface area contributed by atoms with Crippen molar-refractivity contribution in [1.29, 1.82) is 0 Å². The highest BCUT2D eigenvalue weighted by Crippen LogP contribution is 2.39. The lowest BCUT2D eigenvalue weighted by Gasteiger charge is -2.37. The Kier molecular flexibility index (Phi) is 5.62. The van der Waals surface area contributed by atoms with Gasteiger partial charge in [-0.15, -0.1) is 0 Å². The van der Waals surface area contributed by atoms with Gasteiger partial charge in [-0.3, -0.25) is 14.8 Å². The predicted molar refractivity (Wildman–Crippen MR) is 121 cm³/mol. The Labute approximate surface area is 181 Å². The van der Waals surface area contributed by atoms with Crippen LogP contribution in [0, 0.1) is 6.92 Å². The summed E-state index contributed by atoms with van der Waals surface area (Å²) in [5.74, 6) is 1.98. The molecule has 3 heterocycles. The average Bonchev–Trinajstić information content (AvgIpc) is 2.80. The number of benzene rings is 1. The van der Waals surface area contributed by atoms with Gasteiger partial charge in [0.05, 0.1) is 32.1 Å². The SMILES string of the molecule is CCN1C(=O)N(c2cc(OC)cc(OC)c2C)Cc2cnc(Nc3ccncc3)cc21. The van der Waals surface area contributed by atoms with Gasteiger partial charge < -0.3 is 14.8 Å². The summed E-state index contributed by atoms with van der Waals surface area (Å²) in [4.78, 5) is 25.5. The van der Waals surface area contributed by atoms with Crippen molar-refractivity contribution in [2.75, 3.05) is 35.9 Å². The van der Waals surface area contributed by atoms with Gasteiger partial charge in [-0.05, 0) is 26.0 Å². The summed E-state index contributed by atoms with van der Waals surface area (Å²) in [7, 11) is 3.21. The Balaban J connectivity index is 1.72. The van der Waals surface area contributed by atoms with Crippen LogP contribution in [0.4, 0.5) is 27.7 Å². The molecule has 0 bridgehead atoms. The Hall–Kier alpha value is -3.81. The summed E-state index contributed by atoms with van der Waals surface area (Å²) in [6.45, 7) is 4.83. The van der Waals surface area contributed by atoms with Crippen molar-refractivity contribution >= 4 is 28.9 Å². The predicted octanol–water partition coefficient (Wildman–Crippen LogP) is 4.51. The van der Waals surface area contributed by atoms with Crippen LogP contribution in [0.3, 0.4) is 0 Å². The monoisotopic (exact) mass is 419 g/mol. The van der Waals surface area contributed by atoms with E-state index >= 15 is 0 Å². The van der Waals surface area contributed by atoms with Crippen molar-refractivity contribution in [2.45, 2.75) is 20.4 Å². The molecule has 4 rings (SSSR count). The molecule has 1 aliphatic rings. The molecule has 31 heavy (non-hydrogen) atoms. The highest BCUT2D eigenvalue weighted by atomic mass is 16.5. The number of nitrogens with one attached hydrogen (secondary N) is 1. The Bertz CT molecular complexity index is 1100. The molecule has 0 spiro atoms. The molecule has 0 saturated heterocycles. The first kappa shape index (κ1) is 20.5. The number of nitrogens with zero attached hydrogens (tertiary/aromatic N) is 4. The second-order valence-electron chi connectivity index (χ2n) is 7.15. The Morgan fingerprint density at radius 3 is 2.55 bits per heavy atom. The van der Waals surface area contributed by atoms with E-state index in [-0.39, 0.29) is 6.03 Å². The molecule has 0 fully saturated rings. The second kappa shape index (κ2) is 8.51. The number of ether oxygens (including phenoxy) is 2. The third kappa shape index (κ3) is 3.84. The fourth-order valence-electron chi connectivity index (χ4n) is 3.74. The molecule has 0 saturated carbocycles. The first-order chi connectivity index (χ1) is 15.0. The highest BCUT2D eigenvalue weighted by molar-refractivity contribution is 6.07. The number of rotatable bonds is 6. The molecule has 2 amide bonds. The van der Waals surface area contributed by atoms with E-state index in [0.29, 0.717) is 30.4 Å². The molecular formula is C23H25N5O3. The first-order valence-electron chi connectivity index (χ1n) is 10.0. The number of hydrogen-bond acceptors (Lipinski definition) is 6. The third-order valence-corrected chi connectivity index (χ3v) is 5.36. The van der Waals surface area contributed by atoms with E-state index in [2.05, 4.69) is 15.3 Å². The molecule has 160 valence electrons. The number of aromatic nitrogens is 2. The minimum absolute atomic E-state index is 0.102. The van der Waals surface area contributed by atoms with Crippen LogP contribution in [-0.4, -0.2) is 36.8 Å². The lowest BCUT2D eigenvalue weighted by molar-refractivity contribution is 0.250. The molecule has 1 aliphatic heterocycles. The largest absolute Gasteiger partial charge is 0.497 e. The van der Waals surface area contributed by atoms with Gasteiger partial charge in [0.1, 0.15) is 17.3 Å². The lowest BCUT2D eigenvalue weighted by Crippen LogP contribution is -2.47. The van der Waals surface area contributed by atoms with Crippen molar-refractivity contribution in [3.05, 3.63) is 60.0 Å². The van der Waals surface area contributed by atoms with E-state index in [9.17, 15) is 4.79 Å². The smallest absolute Gasteiger partial charge is 0.329 e. The van der Waals surface area contributed by atoms with E-state index in [0.717, 1.165) is 28.2 Å². The van der Waals surface area contributed by atoms with Crippen molar-refractivity contribution in [3.8, 4) is 11.5 Å². The Morgan fingerprint density at radius 1 is 1.10 bits per heavy atom. The number of anilines is 4. The highest BCUT2D eigenvalue weighted by Gasteiger charge is 2.32. The van der Waals surface area contributed by atoms with E-state index in [1.807, 2.05) is 50.4 Å². The number of amides is 2. The molecule has 8 heteroatoms. The fraction of sp³-hybridized carbons (Fsp3) is 0.261. The minimum atomic E-state index is -0.102. The summed E-state index contributed by atoms with van der Waals surface area (Å²) in [6, 6.07) is 9.22. The van der Waals surface area contributed by atoms with Gasteiger partial charge in [0.25, 0.3) is 0 Å². The van der Waals surface area contributed by atoms with Crippen LogP contribution in [0.25, 0.3) is 0 Å². The molecule has 0 radical (unpaired) electrons. The van der Waals surface area contributed by atoms with Crippen LogP contribution >= 0.6 is 0 Å². The summed E-state index contributed by atoms with van der Waals surface area (Å²) in [5.41, 5.74) is 4.32. The number of pyridine rings is 2. The summed E-state index contributed by atoms with van der Waals surface area (Å²) >= 11 is 0. The van der Waals surface area contributed by atoms with Crippen LogP contribution in [0.2, 0.25) is 0 Å². The van der Waals surface area contributed by atoms with Crippen molar-refractivity contribution in [3.63, 3.8) is 0 Å². The van der Waals surface area contributed by atoms with Gasteiger partial charge >= 0.3 is 6.03 Å². The van der Waals surface area contributed by atoms with Crippen LogP contribution in [-0.2, 0) is 6.54 Å². The maximum Gasteiger partial charge on any atom is 0.329 e.